The molecule has 31 heavy (non-hydrogen) atoms. The van der Waals surface area contributed by atoms with Crippen LogP contribution in [-0.2, 0) is 17.9 Å². The summed E-state index contributed by atoms with van der Waals surface area (Å²) in [4.78, 5) is 23.5. The molecule has 0 fully saturated rings. The number of halogens is 4. The van der Waals surface area contributed by atoms with Gasteiger partial charge in [-0.2, -0.15) is 18.3 Å². The fourth-order valence-electron chi connectivity index (χ4n) is 2.93. The number of aromatic nitrogens is 2. The molecule has 1 amide bonds. The van der Waals surface area contributed by atoms with Crippen molar-refractivity contribution in [3.05, 3.63) is 62.4 Å². The van der Waals surface area contributed by atoms with Crippen LogP contribution in [-0.4, -0.2) is 38.2 Å². The average molecular weight is 459 g/mol. The van der Waals surface area contributed by atoms with Crippen molar-refractivity contribution in [3.63, 3.8) is 0 Å². The number of carbonyl (C=O) groups is 1. The fourth-order valence-corrected chi connectivity index (χ4v) is 3.25. The van der Waals surface area contributed by atoms with E-state index in [1.807, 2.05) is 6.92 Å². The molecular weight excluding hydrogens is 437 g/mol. The predicted molar refractivity (Wildman–Crippen MR) is 110 cm³/mol. The minimum atomic E-state index is -4.67. The lowest BCUT2D eigenvalue weighted by Gasteiger charge is -2.22. The summed E-state index contributed by atoms with van der Waals surface area (Å²) in [6.07, 6.45) is -0.612. The summed E-state index contributed by atoms with van der Waals surface area (Å²) in [5.74, 6) is -0.952. The zero-order valence-electron chi connectivity index (χ0n) is 17.0. The Bertz CT molecular complexity index is 973. The molecular formula is C20H22ClF3N4O3. The summed E-state index contributed by atoms with van der Waals surface area (Å²) in [6.45, 7) is 2.15. The number of hydrogen-bond donors (Lipinski definition) is 0. The lowest BCUT2D eigenvalue weighted by Crippen LogP contribution is -2.37. The molecule has 0 bridgehead atoms. The third kappa shape index (κ3) is 6.81. The van der Waals surface area contributed by atoms with Crippen LogP contribution in [0, 0.1) is 17.0 Å². The number of nitrogens with zero attached hydrogens (tertiary/aromatic N) is 4. The number of nitro benzene ring substituents is 1. The van der Waals surface area contributed by atoms with Crippen molar-refractivity contribution in [2.75, 3.05) is 6.54 Å². The SMILES string of the molecule is CCCCn1nc(C)c(/C=C/C(=O)N(Cc2ccccc2[N+](=O)[O-])CC(F)(F)F)c1Cl. The molecule has 1 aromatic heterocycles. The van der Waals surface area contributed by atoms with Gasteiger partial charge in [0, 0.05) is 29.8 Å². The van der Waals surface area contributed by atoms with E-state index in [9.17, 15) is 28.1 Å². The molecule has 0 N–H and O–H groups in total. The second-order valence-electron chi connectivity index (χ2n) is 6.90. The van der Waals surface area contributed by atoms with E-state index in [2.05, 4.69) is 5.10 Å². The molecule has 0 saturated heterocycles. The molecule has 0 spiro atoms. The third-order valence-corrected chi connectivity index (χ3v) is 4.86. The second kappa shape index (κ2) is 10.4. The first kappa shape index (κ1) is 24.4. The number of rotatable bonds is 9. The molecule has 1 aromatic carbocycles. The number of carbonyl (C=O) groups excluding carboxylic acids is 1. The molecule has 168 valence electrons. The standard InChI is InChI=1S/C20H22ClF3N4O3/c1-3-4-11-27-19(21)16(14(2)25-27)9-10-18(29)26(13-20(22,23)24)12-15-7-5-6-8-17(15)28(30)31/h5-10H,3-4,11-13H2,1-2H3/b10-9+. The number of hydrogen-bond acceptors (Lipinski definition) is 4. The number of alkyl halides is 3. The van der Waals surface area contributed by atoms with Gasteiger partial charge in [-0.05, 0) is 19.4 Å². The number of benzene rings is 1. The average Bonchev–Trinajstić information content (AvgIpc) is 2.96. The lowest BCUT2D eigenvalue weighted by atomic mass is 10.1. The van der Waals surface area contributed by atoms with Crippen LogP contribution in [0.25, 0.3) is 6.08 Å². The first-order valence-corrected chi connectivity index (χ1v) is 9.90. The van der Waals surface area contributed by atoms with Gasteiger partial charge >= 0.3 is 6.18 Å². The quantitative estimate of drug-likeness (QED) is 0.295. The number of unbranched alkanes of at least 4 members (excludes halogenated alkanes) is 1. The Morgan fingerprint density at radius 1 is 1.35 bits per heavy atom. The third-order valence-electron chi connectivity index (χ3n) is 4.46. The van der Waals surface area contributed by atoms with Gasteiger partial charge in [-0.15, -0.1) is 0 Å². The van der Waals surface area contributed by atoms with Crippen LogP contribution in [0.15, 0.2) is 30.3 Å². The van der Waals surface area contributed by atoms with Crippen LogP contribution in [0.1, 0.15) is 36.6 Å². The van der Waals surface area contributed by atoms with E-state index in [1.54, 1.807) is 11.6 Å². The van der Waals surface area contributed by atoms with Crippen LogP contribution in [0.3, 0.4) is 0 Å². The highest BCUT2D eigenvalue weighted by atomic mass is 35.5. The molecule has 0 atom stereocenters. The van der Waals surface area contributed by atoms with Crippen LogP contribution in [0.5, 0.6) is 0 Å². The summed E-state index contributed by atoms with van der Waals surface area (Å²) >= 11 is 6.29. The molecule has 0 unspecified atom stereocenters. The molecule has 11 heteroatoms. The Balaban J connectivity index is 2.29. The van der Waals surface area contributed by atoms with E-state index in [0.29, 0.717) is 22.7 Å². The van der Waals surface area contributed by atoms with E-state index in [0.717, 1.165) is 18.9 Å². The Morgan fingerprint density at radius 2 is 2.03 bits per heavy atom. The van der Waals surface area contributed by atoms with Crippen LogP contribution in [0.2, 0.25) is 5.15 Å². The molecule has 2 rings (SSSR count). The molecule has 0 aliphatic rings. The summed E-state index contributed by atoms with van der Waals surface area (Å²) in [5, 5.41) is 15.7. The number of para-hydroxylation sites is 1. The van der Waals surface area contributed by atoms with E-state index in [4.69, 9.17) is 11.6 Å². The first-order chi connectivity index (χ1) is 14.5. The largest absolute Gasteiger partial charge is 0.406 e. The number of amides is 1. The Hall–Kier alpha value is -2.88. The van der Waals surface area contributed by atoms with Gasteiger partial charge in [0.2, 0.25) is 5.91 Å². The van der Waals surface area contributed by atoms with Gasteiger partial charge in [0.15, 0.2) is 0 Å². The summed E-state index contributed by atoms with van der Waals surface area (Å²) in [7, 11) is 0. The lowest BCUT2D eigenvalue weighted by molar-refractivity contribution is -0.385. The fraction of sp³-hybridized carbons (Fsp3) is 0.400. The maximum absolute atomic E-state index is 13.1. The van der Waals surface area contributed by atoms with Crippen LogP contribution >= 0.6 is 11.6 Å². The van der Waals surface area contributed by atoms with Crippen molar-refractivity contribution in [3.8, 4) is 0 Å². The first-order valence-electron chi connectivity index (χ1n) is 9.52. The molecule has 7 nitrogen and oxygen atoms in total. The van der Waals surface area contributed by atoms with Gasteiger partial charge < -0.3 is 4.90 Å². The Labute approximate surface area is 182 Å². The van der Waals surface area contributed by atoms with Gasteiger partial charge in [-0.3, -0.25) is 19.6 Å². The second-order valence-corrected chi connectivity index (χ2v) is 7.25. The predicted octanol–water partition coefficient (Wildman–Crippen LogP) is 5.16. The summed E-state index contributed by atoms with van der Waals surface area (Å²) in [6, 6.07) is 5.35. The van der Waals surface area contributed by atoms with Gasteiger partial charge in [-0.1, -0.05) is 43.1 Å². The van der Waals surface area contributed by atoms with E-state index >= 15 is 0 Å². The van der Waals surface area contributed by atoms with Crippen molar-refractivity contribution >= 4 is 29.3 Å². The van der Waals surface area contributed by atoms with Crippen molar-refractivity contribution in [1.82, 2.24) is 14.7 Å². The van der Waals surface area contributed by atoms with Crippen molar-refractivity contribution < 1.29 is 22.9 Å². The molecule has 2 aromatic rings. The number of nitro groups is 1. The van der Waals surface area contributed by atoms with Crippen LogP contribution in [0.4, 0.5) is 18.9 Å². The summed E-state index contributed by atoms with van der Waals surface area (Å²) < 4.78 is 40.7. The molecule has 0 saturated carbocycles. The highest BCUT2D eigenvalue weighted by molar-refractivity contribution is 6.31. The highest BCUT2D eigenvalue weighted by Gasteiger charge is 2.33. The monoisotopic (exact) mass is 458 g/mol. The van der Waals surface area contributed by atoms with Gasteiger partial charge in [0.1, 0.15) is 11.7 Å². The highest BCUT2D eigenvalue weighted by Crippen LogP contribution is 2.25. The van der Waals surface area contributed by atoms with E-state index in [-0.39, 0.29) is 16.4 Å². The maximum atomic E-state index is 13.1. The topological polar surface area (TPSA) is 81.3 Å². The van der Waals surface area contributed by atoms with Gasteiger partial charge in [0.25, 0.3) is 5.69 Å². The zero-order valence-corrected chi connectivity index (χ0v) is 17.8. The van der Waals surface area contributed by atoms with Crippen LogP contribution < -0.4 is 0 Å². The van der Waals surface area contributed by atoms with Gasteiger partial charge in [0.05, 0.1) is 17.2 Å². The zero-order chi connectivity index (χ0) is 23.2. The molecule has 0 radical (unpaired) electrons. The molecule has 0 aliphatic carbocycles. The molecule has 0 aliphatic heterocycles. The normalized spacial score (nSPS) is 11.8. The van der Waals surface area contributed by atoms with Crippen molar-refractivity contribution in [2.24, 2.45) is 0 Å². The smallest absolute Gasteiger partial charge is 0.325 e. The van der Waals surface area contributed by atoms with Crippen molar-refractivity contribution in [1.29, 1.82) is 0 Å². The maximum Gasteiger partial charge on any atom is 0.406 e. The Morgan fingerprint density at radius 3 is 2.65 bits per heavy atom. The van der Waals surface area contributed by atoms with Crippen molar-refractivity contribution in [2.45, 2.75) is 46.0 Å². The Kier molecular flexibility index (Phi) is 8.21. The van der Waals surface area contributed by atoms with E-state index in [1.165, 1.54) is 30.3 Å². The number of aryl methyl sites for hydroxylation is 2. The molecule has 1 heterocycles. The van der Waals surface area contributed by atoms with Gasteiger partial charge in [-0.25, -0.2) is 0 Å². The minimum absolute atomic E-state index is 0.0000909. The van der Waals surface area contributed by atoms with E-state index < -0.39 is 30.1 Å². The summed E-state index contributed by atoms with van der Waals surface area (Å²) in [5.41, 5.74) is 0.609. The minimum Gasteiger partial charge on any atom is -0.325 e.